The molecular formula is C12H12N2O. The number of carbonyl (C=O) groups excluding carboxylic acids is 1. The maximum absolute atomic E-state index is 11.6. The summed E-state index contributed by atoms with van der Waals surface area (Å²) >= 11 is 0. The molecule has 76 valence electrons. The van der Waals surface area contributed by atoms with Crippen molar-refractivity contribution in [2.75, 3.05) is 6.54 Å². The summed E-state index contributed by atoms with van der Waals surface area (Å²) in [6.07, 6.45) is 1.65. The van der Waals surface area contributed by atoms with E-state index in [0.29, 0.717) is 12.2 Å². The molecule has 0 aliphatic rings. The molecule has 1 amide bonds. The van der Waals surface area contributed by atoms with E-state index >= 15 is 0 Å². The van der Waals surface area contributed by atoms with Crippen molar-refractivity contribution in [2.45, 2.75) is 0 Å². The van der Waals surface area contributed by atoms with E-state index in [1.807, 2.05) is 30.3 Å². The molecule has 0 saturated carbocycles. The number of aromatic amines is 1. The van der Waals surface area contributed by atoms with Gasteiger partial charge in [-0.3, -0.25) is 4.79 Å². The zero-order chi connectivity index (χ0) is 10.7. The first-order valence-electron chi connectivity index (χ1n) is 4.78. The highest BCUT2D eigenvalue weighted by molar-refractivity contribution is 5.97. The van der Waals surface area contributed by atoms with Gasteiger partial charge in [0, 0.05) is 17.4 Å². The van der Waals surface area contributed by atoms with Crippen molar-refractivity contribution in [3.05, 3.63) is 48.7 Å². The van der Waals surface area contributed by atoms with Gasteiger partial charge in [0.15, 0.2) is 0 Å². The topological polar surface area (TPSA) is 44.9 Å². The van der Waals surface area contributed by atoms with E-state index in [2.05, 4.69) is 16.9 Å². The molecule has 2 rings (SSSR count). The highest BCUT2D eigenvalue weighted by Crippen LogP contribution is 2.14. The average molecular weight is 200 g/mol. The molecule has 1 aromatic heterocycles. The van der Waals surface area contributed by atoms with Crippen LogP contribution in [0.3, 0.4) is 0 Å². The second-order valence-electron chi connectivity index (χ2n) is 3.27. The molecule has 0 fully saturated rings. The summed E-state index contributed by atoms with van der Waals surface area (Å²) in [5, 5.41) is 3.76. The van der Waals surface area contributed by atoms with Gasteiger partial charge in [0.25, 0.3) is 5.91 Å². The van der Waals surface area contributed by atoms with Gasteiger partial charge in [-0.05, 0) is 12.1 Å². The third-order valence-electron chi connectivity index (χ3n) is 2.18. The lowest BCUT2D eigenvalue weighted by Gasteiger charge is -1.97. The molecule has 0 saturated heterocycles. The molecule has 0 spiro atoms. The number of hydrogen-bond acceptors (Lipinski definition) is 1. The van der Waals surface area contributed by atoms with Crippen LogP contribution in [0.5, 0.6) is 0 Å². The van der Waals surface area contributed by atoms with Gasteiger partial charge >= 0.3 is 0 Å². The number of rotatable bonds is 3. The van der Waals surface area contributed by atoms with Gasteiger partial charge in [-0.25, -0.2) is 0 Å². The van der Waals surface area contributed by atoms with Gasteiger partial charge in [-0.15, -0.1) is 6.58 Å². The van der Waals surface area contributed by atoms with Crippen LogP contribution in [0, 0.1) is 0 Å². The first-order valence-corrected chi connectivity index (χ1v) is 4.78. The van der Waals surface area contributed by atoms with Crippen molar-refractivity contribution in [3.63, 3.8) is 0 Å². The second-order valence-corrected chi connectivity index (χ2v) is 3.27. The highest BCUT2D eigenvalue weighted by Gasteiger charge is 2.07. The fourth-order valence-electron chi connectivity index (χ4n) is 1.46. The summed E-state index contributed by atoms with van der Waals surface area (Å²) in [5.74, 6) is -0.105. The molecule has 0 aliphatic heterocycles. The summed E-state index contributed by atoms with van der Waals surface area (Å²) in [7, 11) is 0. The minimum Gasteiger partial charge on any atom is -0.351 e. The smallest absolute Gasteiger partial charge is 0.267 e. The standard InChI is InChI=1S/C12H12N2O/c1-2-7-13-12(15)11-8-9-5-3-4-6-10(9)14-11/h2-6,8,14H,1,7H2,(H,13,15). The molecule has 0 unspecified atom stereocenters. The molecule has 0 atom stereocenters. The Balaban J connectivity index is 2.28. The molecular weight excluding hydrogens is 188 g/mol. The monoisotopic (exact) mass is 200 g/mol. The lowest BCUT2D eigenvalue weighted by atomic mass is 10.2. The number of fused-ring (bicyclic) bond motifs is 1. The van der Waals surface area contributed by atoms with Crippen LogP contribution >= 0.6 is 0 Å². The van der Waals surface area contributed by atoms with Crippen molar-refractivity contribution >= 4 is 16.8 Å². The summed E-state index contributed by atoms with van der Waals surface area (Å²) < 4.78 is 0. The van der Waals surface area contributed by atoms with Crippen molar-refractivity contribution in [3.8, 4) is 0 Å². The molecule has 15 heavy (non-hydrogen) atoms. The van der Waals surface area contributed by atoms with E-state index in [1.165, 1.54) is 0 Å². The Bertz CT molecular complexity index is 466. The first kappa shape index (κ1) is 9.52. The number of nitrogens with one attached hydrogen (secondary N) is 2. The van der Waals surface area contributed by atoms with Crippen LogP contribution in [0.15, 0.2) is 43.0 Å². The van der Waals surface area contributed by atoms with E-state index in [4.69, 9.17) is 0 Å². The maximum atomic E-state index is 11.6. The number of para-hydroxylation sites is 1. The van der Waals surface area contributed by atoms with E-state index in [1.54, 1.807) is 6.08 Å². The fourth-order valence-corrected chi connectivity index (χ4v) is 1.46. The van der Waals surface area contributed by atoms with Crippen LogP contribution in [0.25, 0.3) is 10.9 Å². The van der Waals surface area contributed by atoms with Crippen LogP contribution < -0.4 is 5.32 Å². The summed E-state index contributed by atoms with van der Waals surface area (Å²) in [4.78, 5) is 14.6. The number of amides is 1. The number of hydrogen-bond donors (Lipinski definition) is 2. The molecule has 1 heterocycles. The van der Waals surface area contributed by atoms with Gasteiger partial charge in [0.05, 0.1) is 0 Å². The van der Waals surface area contributed by atoms with Crippen LogP contribution in [-0.4, -0.2) is 17.4 Å². The third kappa shape index (κ3) is 1.91. The molecule has 1 aromatic carbocycles. The maximum Gasteiger partial charge on any atom is 0.267 e. The number of benzene rings is 1. The molecule has 0 radical (unpaired) electrons. The normalized spacial score (nSPS) is 10.1. The Morgan fingerprint density at radius 3 is 3.00 bits per heavy atom. The summed E-state index contributed by atoms with van der Waals surface area (Å²) in [6.45, 7) is 4.02. The lowest BCUT2D eigenvalue weighted by molar-refractivity contribution is 0.0954. The van der Waals surface area contributed by atoms with Crippen LogP contribution in [0.2, 0.25) is 0 Å². The predicted molar refractivity (Wildman–Crippen MR) is 60.8 cm³/mol. The minimum atomic E-state index is -0.105. The Hall–Kier alpha value is -2.03. The number of aromatic nitrogens is 1. The lowest BCUT2D eigenvalue weighted by Crippen LogP contribution is -2.23. The molecule has 2 N–H and O–H groups in total. The molecule has 3 nitrogen and oxygen atoms in total. The third-order valence-corrected chi connectivity index (χ3v) is 2.18. The van der Waals surface area contributed by atoms with E-state index < -0.39 is 0 Å². The van der Waals surface area contributed by atoms with Gasteiger partial charge in [-0.2, -0.15) is 0 Å². The van der Waals surface area contributed by atoms with E-state index in [-0.39, 0.29) is 5.91 Å². The Morgan fingerprint density at radius 1 is 1.47 bits per heavy atom. The summed E-state index contributed by atoms with van der Waals surface area (Å²) in [5.41, 5.74) is 1.55. The van der Waals surface area contributed by atoms with E-state index in [0.717, 1.165) is 10.9 Å². The Morgan fingerprint density at radius 2 is 2.27 bits per heavy atom. The van der Waals surface area contributed by atoms with Gasteiger partial charge < -0.3 is 10.3 Å². The zero-order valence-corrected chi connectivity index (χ0v) is 8.29. The first-order chi connectivity index (χ1) is 7.31. The second kappa shape index (κ2) is 4.00. The van der Waals surface area contributed by atoms with Crippen molar-refractivity contribution in [1.82, 2.24) is 10.3 Å². The molecule has 2 aromatic rings. The largest absolute Gasteiger partial charge is 0.351 e. The van der Waals surface area contributed by atoms with Crippen LogP contribution in [0.1, 0.15) is 10.5 Å². The molecule has 3 heteroatoms. The Kier molecular flexibility index (Phi) is 2.54. The quantitative estimate of drug-likeness (QED) is 0.732. The van der Waals surface area contributed by atoms with Crippen LogP contribution in [0.4, 0.5) is 0 Å². The van der Waals surface area contributed by atoms with E-state index in [9.17, 15) is 4.79 Å². The summed E-state index contributed by atoms with van der Waals surface area (Å²) in [6, 6.07) is 9.63. The van der Waals surface area contributed by atoms with Crippen molar-refractivity contribution < 1.29 is 4.79 Å². The van der Waals surface area contributed by atoms with Crippen molar-refractivity contribution in [1.29, 1.82) is 0 Å². The zero-order valence-electron chi connectivity index (χ0n) is 8.29. The SMILES string of the molecule is C=CCNC(=O)c1cc2ccccc2[nH]1. The fraction of sp³-hybridized carbons (Fsp3) is 0.0833. The van der Waals surface area contributed by atoms with Gasteiger partial charge in [0.2, 0.25) is 0 Å². The van der Waals surface area contributed by atoms with Crippen molar-refractivity contribution in [2.24, 2.45) is 0 Å². The van der Waals surface area contributed by atoms with Crippen LogP contribution in [-0.2, 0) is 0 Å². The minimum absolute atomic E-state index is 0.105. The average Bonchev–Trinajstić information content (AvgIpc) is 2.69. The number of carbonyl (C=O) groups is 1. The molecule has 0 bridgehead atoms. The number of H-pyrrole nitrogens is 1. The predicted octanol–water partition coefficient (Wildman–Crippen LogP) is 2.08. The highest BCUT2D eigenvalue weighted by atomic mass is 16.1. The van der Waals surface area contributed by atoms with Gasteiger partial charge in [0.1, 0.15) is 5.69 Å². The van der Waals surface area contributed by atoms with Gasteiger partial charge in [-0.1, -0.05) is 24.3 Å². The Labute approximate surface area is 87.8 Å². The molecule has 0 aliphatic carbocycles.